The van der Waals surface area contributed by atoms with E-state index in [1.54, 1.807) is 0 Å². The molecule has 84 valence electrons. The number of amides is 1. The molecule has 0 heterocycles. The van der Waals surface area contributed by atoms with Crippen LogP contribution in [0.15, 0.2) is 0 Å². The Morgan fingerprint density at radius 1 is 1.43 bits per heavy atom. The predicted octanol–water partition coefficient (Wildman–Crippen LogP) is -0.158. The minimum absolute atomic E-state index is 0.428. The fourth-order valence-corrected chi connectivity index (χ4v) is 0.201. The van der Waals surface area contributed by atoms with Gasteiger partial charge < -0.3 is 16.6 Å². The molecule has 0 aromatic heterocycles. The molecule has 0 aliphatic rings. The lowest BCUT2D eigenvalue weighted by Gasteiger charge is -1.98. The summed E-state index contributed by atoms with van der Waals surface area (Å²) < 4.78 is 31.7. The van der Waals surface area contributed by atoms with E-state index < -0.39 is 24.1 Å². The largest absolute Gasteiger partial charge is 0.490 e. The van der Waals surface area contributed by atoms with E-state index in [4.69, 9.17) is 21.4 Å². The highest BCUT2D eigenvalue weighted by Crippen LogP contribution is 2.13. The lowest BCUT2D eigenvalue weighted by Crippen LogP contribution is -2.35. The quantitative estimate of drug-likeness (QED) is 0.596. The Morgan fingerprint density at radius 3 is 1.71 bits per heavy atom. The number of carbonyl (C=O) groups excluding carboxylic acids is 1. The van der Waals surface area contributed by atoms with E-state index in [0.29, 0.717) is 6.42 Å². The van der Waals surface area contributed by atoms with Crippen molar-refractivity contribution in [1.82, 2.24) is 0 Å². The molecule has 0 aromatic carbocycles. The van der Waals surface area contributed by atoms with Crippen molar-refractivity contribution < 1.29 is 27.9 Å². The molecule has 0 aliphatic heterocycles. The number of halogens is 3. The fraction of sp³-hybridized carbons (Fsp3) is 0.667. The first-order chi connectivity index (χ1) is 6.12. The third-order valence-electron chi connectivity index (χ3n) is 1.05. The summed E-state index contributed by atoms with van der Waals surface area (Å²) >= 11 is 0. The van der Waals surface area contributed by atoms with Gasteiger partial charge in [0.15, 0.2) is 0 Å². The fourth-order valence-electron chi connectivity index (χ4n) is 0.201. The van der Waals surface area contributed by atoms with E-state index in [-0.39, 0.29) is 0 Å². The lowest BCUT2D eigenvalue weighted by molar-refractivity contribution is -0.192. The van der Waals surface area contributed by atoms with E-state index in [9.17, 15) is 18.0 Å². The number of primary amides is 1. The third-order valence-corrected chi connectivity index (χ3v) is 1.05. The topological polar surface area (TPSA) is 106 Å². The average Bonchev–Trinajstić information content (AvgIpc) is 2.02. The van der Waals surface area contributed by atoms with Crippen LogP contribution in [0.5, 0.6) is 0 Å². The third kappa shape index (κ3) is 8.78. The molecule has 14 heavy (non-hydrogen) atoms. The summed E-state index contributed by atoms with van der Waals surface area (Å²) in [4.78, 5) is 18.9. The van der Waals surface area contributed by atoms with Gasteiger partial charge in [0.2, 0.25) is 5.91 Å². The van der Waals surface area contributed by atoms with Crippen LogP contribution in [-0.4, -0.2) is 29.2 Å². The number of alkyl halides is 3. The molecule has 0 aliphatic carbocycles. The van der Waals surface area contributed by atoms with E-state index in [2.05, 4.69) is 0 Å². The molecular weight excluding hydrogens is 205 g/mol. The van der Waals surface area contributed by atoms with Gasteiger partial charge in [0.05, 0.1) is 6.04 Å². The molecule has 8 heteroatoms. The Labute approximate surface area is 77.9 Å². The Balaban J connectivity index is 0. The normalized spacial score (nSPS) is 12.4. The van der Waals surface area contributed by atoms with Gasteiger partial charge in [-0.1, -0.05) is 6.92 Å². The van der Waals surface area contributed by atoms with Crippen LogP contribution in [0.2, 0.25) is 0 Å². The van der Waals surface area contributed by atoms with Crippen LogP contribution < -0.4 is 11.5 Å². The molecule has 1 amide bonds. The van der Waals surface area contributed by atoms with E-state index >= 15 is 0 Å². The molecule has 0 saturated carbocycles. The maximum Gasteiger partial charge on any atom is 0.490 e. The van der Waals surface area contributed by atoms with Gasteiger partial charge in [0.25, 0.3) is 0 Å². The molecule has 0 rings (SSSR count). The smallest absolute Gasteiger partial charge is 0.475 e. The van der Waals surface area contributed by atoms with Gasteiger partial charge in [-0.25, -0.2) is 4.79 Å². The molecule has 0 radical (unpaired) electrons. The van der Waals surface area contributed by atoms with Crippen LogP contribution in [-0.2, 0) is 9.59 Å². The molecule has 0 unspecified atom stereocenters. The molecule has 0 aromatic rings. The van der Waals surface area contributed by atoms with Gasteiger partial charge in [-0.15, -0.1) is 0 Å². The number of hydrogen-bond donors (Lipinski definition) is 3. The highest BCUT2D eigenvalue weighted by molar-refractivity contribution is 5.79. The molecule has 0 saturated heterocycles. The Morgan fingerprint density at radius 2 is 1.71 bits per heavy atom. The minimum Gasteiger partial charge on any atom is -0.475 e. The number of carboxylic acid groups (broad SMARTS) is 1. The maximum absolute atomic E-state index is 10.6. The molecule has 0 bridgehead atoms. The van der Waals surface area contributed by atoms with Crippen LogP contribution in [0.1, 0.15) is 13.3 Å². The summed E-state index contributed by atoms with van der Waals surface area (Å²) in [6.45, 7) is 1.81. The van der Waals surface area contributed by atoms with E-state index in [1.165, 1.54) is 0 Å². The predicted molar refractivity (Wildman–Crippen MR) is 41.2 cm³/mol. The Bertz CT molecular complexity index is 205. The van der Waals surface area contributed by atoms with Crippen molar-refractivity contribution in [2.45, 2.75) is 25.6 Å². The number of hydrogen-bond acceptors (Lipinski definition) is 3. The monoisotopic (exact) mass is 216 g/mol. The zero-order valence-electron chi connectivity index (χ0n) is 7.34. The summed E-state index contributed by atoms with van der Waals surface area (Å²) in [7, 11) is 0. The summed E-state index contributed by atoms with van der Waals surface area (Å²) in [5.41, 5.74) is 9.92. The number of carbonyl (C=O) groups is 2. The van der Waals surface area contributed by atoms with Crippen molar-refractivity contribution in [3.8, 4) is 0 Å². The highest BCUT2D eigenvalue weighted by Gasteiger charge is 2.38. The first kappa shape index (κ1) is 15.2. The van der Waals surface area contributed by atoms with Crippen molar-refractivity contribution in [1.29, 1.82) is 0 Å². The molecule has 0 fully saturated rings. The zero-order chi connectivity index (χ0) is 11.9. The van der Waals surface area contributed by atoms with Crippen LogP contribution in [0.3, 0.4) is 0 Å². The van der Waals surface area contributed by atoms with Gasteiger partial charge in [-0.05, 0) is 6.42 Å². The van der Waals surface area contributed by atoms with Crippen molar-refractivity contribution in [2.24, 2.45) is 11.5 Å². The van der Waals surface area contributed by atoms with Crippen LogP contribution in [0, 0.1) is 0 Å². The van der Waals surface area contributed by atoms with Crippen molar-refractivity contribution in [2.75, 3.05) is 0 Å². The second-order valence-electron chi connectivity index (χ2n) is 2.22. The molecule has 1 atom stereocenters. The molecule has 5 N–H and O–H groups in total. The molecule has 0 spiro atoms. The average molecular weight is 216 g/mol. The van der Waals surface area contributed by atoms with Crippen molar-refractivity contribution >= 4 is 11.9 Å². The molecular formula is C6H11F3N2O3. The van der Waals surface area contributed by atoms with E-state index in [1.807, 2.05) is 6.92 Å². The SMILES string of the molecule is CC[C@H](N)C(N)=O.O=C(O)C(F)(F)F. The number of aliphatic carboxylic acids is 1. The Hall–Kier alpha value is -1.31. The number of nitrogens with two attached hydrogens (primary N) is 2. The second kappa shape index (κ2) is 6.19. The highest BCUT2D eigenvalue weighted by atomic mass is 19.4. The summed E-state index contributed by atoms with van der Waals surface area (Å²) in [5.74, 6) is -3.19. The number of carboxylic acids is 1. The van der Waals surface area contributed by atoms with Gasteiger partial charge in [-0.3, -0.25) is 4.79 Å². The summed E-state index contributed by atoms with van der Waals surface area (Å²) in [6.07, 6.45) is -4.46. The summed E-state index contributed by atoms with van der Waals surface area (Å²) in [6, 6.07) is -0.458. The molecule has 5 nitrogen and oxygen atoms in total. The minimum atomic E-state index is -5.08. The van der Waals surface area contributed by atoms with Gasteiger partial charge in [0.1, 0.15) is 0 Å². The van der Waals surface area contributed by atoms with Crippen molar-refractivity contribution in [3.05, 3.63) is 0 Å². The Kier molecular flexibility index (Phi) is 6.71. The van der Waals surface area contributed by atoms with Crippen LogP contribution in [0.4, 0.5) is 13.2 Å². The first-order valence-electron chi connectivity index (χ1n) is 3.47. The first-order valence-corrected chi connectivity index (χ1v) is 3.47. The maximum atomic E-state index is 10.6. The van der Waals surface area contributed by atoms with Crippen molar-refractivity contribution in [3.63, 3.8) is 0 Å². The summed E-state index contributed by atoms with van der Waals surface area (Å²) in [5, 5.41) is 7.12. The standard InChI is InChI=1S/C4H10N2O.C2HF3O2/c1-2-3(5)4(6)7;3-2(4,5)1(6)7/h3H,2,5H2,1H3,(H2,6,7);(H,6,7)/t3-;/m0./s1. The van der Waals surface area contributed by atoms with Crippen LogP contribution >= 0.6 is 0 Å². The van der Waals surface area contributed by atoms with E-state index in [0.717, 1.165) is 0 Å². The van der Waals surface area contributed by atoms with Gasteiger partial charge in [-0.2, -0.15) is 13.2 Å². The van der Waals surface area contributed by atoms with Gasteiger partial charge in [0, 0.05) is 0 Å². The lowest BCUT2D eigenvalue weighted by atomic mass is 10.2. The second-order valence-corrected chi connectivity index (χ2v) is 2.22. The number of rotatable bonds is 2. The van der Waals surface area contributed by atoms with Gasteiger partial charge >= 0.3 is 12.1 Å². The van der Waals surface area contributed by atoms with Crippen LogP contribution in [0.25, 0.3) is 0 Å². The zero-order valence-corrected chi connectivity index (χ0v) is 7.34.